The van der Waals surface area contributed by atoms with E-state index in [4.69, 9.17) is 4.74 Å². The number of amides is 1. The zero-order valence-corrected chi connectivity index (χ0v) is 21.3. The quantitative estimate of drug-likeness (QED) is 0.308. The summed E-state index contributed by atoms with van der Waals surface area (Å²) in [6.07, 6.45) is 2.31. The van der Waals surface area contributed by atoms with Crippen LogP contribution in [-0.4, -0.2) is 37.8 Å². The fourth-order valence-electron chi connectivity index (χ4n) is 3.54. The smallest absolute Gasteiger partial charge is 0.411 e. The fourth-order valence-corrected chi connectivity index (χ4v) is 4.33. The average Bonchev–Trinajstić information content (AvgIpc) is 2.87. The minimum absolute atomic E-state index is 0.0399. The number of hydrogen-bond donors (Lipinski definition) is 2. The van der Waals surface area contributed by atoms with Gasteiger partial charge >= 0.3 is 6.09 Å². The molecule has 0 radical (unpaired) electrons. The summed E-state index contributed by atoms with van der Waals surface area (Å²) in [6, 6.07) is 25.7. The van der Waals surface area contributed by atoms with Crippen molar-refractivity contribution in [3.05, 3.63) is 102 Å². The lowest BCUT2D eigenvalue weighted by Gasteiger charge is -2.19. The summed E-state index contributed by atoms with van der Waals surface area (Å²) in [5.74, 6) is 0.981. The van der Waals surface area contributed by atoms with Crippen molar-refractivity contribution in [2.45, 2.75) is 12.4 Å². The molecule has 4 aromatic rings. The fraction of sp³-hybridized carbons (Fsp3) is 0.148. The minimum Gasteiger partial charge on any atom is -0.444 e. The van der Waals surface area contributed by atoms with Crippen molar-refractivity contribution in [3.8, 4) is 0 Å². The molecule has 0 saturated carbocycles. The first-order chi connectivity index (χ1) is 17.7. The third kappa shape index (κ3) is 7.77. The Kier molecular flexibility index (Phi) is 7.99. The van der Waals surface area contributed by atoms with Crippen molar-refractivity contribution in [1.82, 2.24) is 9.97 Å². The lowest BCUT2D eigenvalue weighted by Crippen LogP contribution is -2.14. The van der Waals surface area contributed by atoms with Gasteiger partial charge in [-0.05, 0) is 53.6 Å². The Morgan fingerprint density at radius 1 is 0.919 bits per heavy atom. The summed E-state index contributed by atoms with van der Waals surface area (Å²) >= 11 is 0. The van der Waals surface area contributed by atoms with Crippen LogP contribution in [0.15, 0.2) is 91.1 Å². The van der Waals surface area contributed by atoms with Gasteiger partial charge in [-0.25, -0.2) is 18.2 Å². The number of carbonyl (C=O) groups is 1. The Hall–Kier alpha value is -4.44. The molecule has 0 aliphatic carbocycles. The van der Waals surface area contributed by atoms with Gasteiger partial charge in [0.25, 0.3) is 0 Å². The van der Waals surface area contributed by atoms with E-state index < -0.39 is 15.9 Å². The summed E-state index contributed by atoms with van der Waals surface area (Å²) in [5, 5.41) is 5.85. The topological polar surface area (TPSA) is 114 Å². The number of hydrogen-bond acceptors (Lipinski definition) is 8. The Bertz CT molecular complexity index is 1460. The van der Waals surface area contributed by atoms with Crippen molar-refractivity contribution >= 4 is 44.8 Å². The van der Waals surface area contributed by atoms with Crippen LogP contribution in [0.4, 0.5) is 33.6 Å². The second-order valence-corrected chi connectivity index (χ2v) is 10.6. The summed E-state index contributed by atoms with van der Waals surface area (Å²) in [5.41, 5.74) is 3.74. The molecule has 1 heterocycles. The number of sulfone groups is 1. The maximum Gasteiger partial charge on any atom is 0.411 e. The van der Waals surface area contributed by atoms with Crippen LogP contribution in [0.3, 0.4) is 0 Å². The van der Waals surface area contributed by atoms with Crippen LogP contribution in [0.25, 0.3) is 0 Å². The summed E-state index contributed by atoms with van der Waals surface area (Å²) in [4.78, 5) is 22.8. The Balaban J connectivity index is 1.37. The van der Waals surface area contributed by atoms with Crippen LogP contribution in [0, 0.1) is 0 Å². The van der Waals surface area contributed by atoms with E-state index in [9.17, 15) is 13.2 Å². The highest BCUT2D eigenvalue weighted by Crippen LogP contribution is 2.25. The third-order valence-corrected chi connectivity index (χ3v) is 6.17. The number of rotatable bonds is 9. The van der Waals surface area contributed by atoms with Crippen LogP contribution in [-0.2, 0) is 26.9 Å². The normalized spacial score (nSPS) is 11.0. The van der Waals surface area contributed by atoms with E-state index in [2.05, 4.69) is 20.6 Å². The van der Waals surface area contributed by atoms with E-state index in [0.29, 0.717) is 28.7 Å². The van der Waals surface area contributed by atoms with E-state index in [1.807, 2.05) is 60.5 Å². The molecular weight excluding hydrogens is 490 g/mol. The highest BCUT2D eigenvalue weighted by atomic mass is 32.2. The van der Waals surface area contributed by atoms with Gasteiger partial charge < -0.3 is 15.0 Å². The van der Waals surface area contributed by atoms with Crippen LogP contribution < -0.4 is 15.5 Å². The molecule has 0 spiro atoms. The van der Waals surface area contributed by atoms with Gasteiger partial charge in [0.05, 0.1) is 5.75 Å². The number of nitrogens with one attached hydrogen (secondary N) is 2. The van der Waals surface area contributed by atoms with Crippen molar-refractivity contribution in [3.63, 3.8) is 0 Å². The van der Waals surface area contributed by atoms with Crippen LogP contribution >= 0.6 is 0 Å². The maximum absolute atomic E-state index is 12.1. The molecule has 190 valence electrons. The van der Waals surface area contributed by atoms with E-state index in [1.165, 1.54) is 6.26 Å². The molecule has 4 rings (SSSR count). The van der Waals surface area contributed by atoms with Crippen LogP contribution in [0.1, 0.15) is 11.1 Å². The van der Waals surface area contributed by atoms with Gasteiger partial charge in [0, 0.05) is 36.6 Å². The molecule has 0 aliphatic heterocycles. The standard InChI is InChI=1S/C27H27N5O4S/c1-32(24-13-11-22(12-14-24)30-27(33)36-18-20-7-4-3-5-8-20)25-15-16-28-26(31-25)29-23-10-6-9-21(17-23)19-37(2,34)35/h3-17H,18-19H2,1-2H3,(H,30,33)(H,28,29,31). The number of carbonyl (C=O) groups excluding carboxylic acids is 1. The monoisotopic (exact) mass is 517 g/mol. The number of ether oxygens (including phenoxy) is 1. The van der Waals surface area contributed by atoms with Gasteiger partial charge in [-0.3, -0.25) is 5.32 Å². The first-order valence-electron chi connectivity index (χ1n) is 11.4. The Morgan fingerprint density at radius 3 is 2.38 bits per heavy atom. The lowest BCUT2D eigenvalue weighted by atomic mass is 10.2. The van der Waals surface area contributed by atoms with Crippen LogP contribution in [0.2, 0.25) is 0 Å². The van der Waals surface area contributed by atoms with E-state index in [1.54, 1.807) is 42.6 Å². The molecule has 3 aromatic carbocycles. The van der Waals surface area contributed by atoms with E-state index in [-0.39, 0.29) is 12.4 Å². The lowest BCUT2D eigenvalue weighted by molar-refractivity contribution is 0.155. The summed E-state index contributed by atoms with van der Waals surface area (Å²) in [6.45, 7) is 0.194. The van der Waals surface area contributed by atoms with E-state index in [0.717, 1.165) is 11.3 Å². The van der Waals surface area contributed by atoms with Crippen molar-refractivity contribution in [2.75, 3.05) is 28.8 Å². The third-order valence-electron chi connectivity index (χ3n) is 5.31. The van der Waals surface area contributed by atoms with Crippen LogP contribution in [0.5, 0.6) is 0 Å². The van der Waals surface area contributed by atoms with Gasteiger partial charge in [0.2, 0.25) is 5.95 Å². The maximum atomic E-state index is 12.1. The molecule has 1 amide bonds. The minimum atomic E-state index is -3.14. The number of benzene rings is 3. The first kappa shape index (κ1) is 25.6. The highest BCUT2D eigenvalue weighted by molar-refractivity contribution is 7.89. The molecule has 0 bridgehead atoms. The molecule has 0 aliphatic rings. The zero-order valence-electron chi connectivity index (χ0n) is 20.5. The predicted octanol–water partition coefficient (Wildman–Crippen LogP) is 5.28. The molecule has 0 saturated heterocycles. The zero-order chi connectivity index (χ0) is 26.3. The highest BCUT2D eigenvalue weighted by Gasteiger charge is 2.10. The Morgan fingerprint density at radius 2 is 1.65 bits per heavy atom. The SMILES string of the molecule is CN(c1ccc(NC(=O)OCc2ccccc2)cc1)c1ccnc(Nc2cccc(CS(C)(=O)=O)c2)n1. The number of aromatic nitrogens is 2. The second-order valence-electron chi connectivity index (χ2n) is 8.43. The second kappa shape index (κ2) is 11.5. The molecule has 1 aromatic heterocycles. The van der Waals surface area contributed by atoms with Gasteiger partial charge in [-0.15, -0.1) is 0 Å². The largest absolute Gasteiger partial charge is 0.444 e. The van der Waals surface area contributed by atoms with Crippen molar-refractivity contribution < 1.29 is 17.9 Å². The molecule has 0 atom stereocenters. The Labute approximate surface area is 216 Å². The molecule has 0 unspecified atom stereocenters. The van der Waals surface area contributed by atoms with Gasteiger partial charge in [-0.2, -0.15) is 4.98 Å². The predicted molar refractivity (Wildman–Crippen MR) is 145 cm³/mol. The molecule has 2 N–H and O–H groups in total. The van der Waals surface area contributed by atoms with Crippen molar-refractivity contribution in [2.24, 2.45) is 0 Å². The van der Waals surface area contributed by atoms with Gasteiger partial charge in [0.1, 0.15) is 12.4 Å². The van der Waals surface area contributed by atoms with E-state index >= 15 is 0 Å². The van der Waals surface area contributed by atoms with Gasteiger partial charge in [0.15, 0.2) is 9.84 Å². The molecule has 37 heavy (non-hydrogen) atoms. The molecular formula is C27H27N5O4S. The molecule has 0 fully saturated rings. The summed E-state index contributed by atoms with van der Waals surface area (Å²) < 4.78 is 28.5. The molecule has 9 nitrogen and oxygen atoms in total. The average molecular weight is 518 g/mol. The van der Waals surface area contributed by atoms with Gasteiger partial charge in [-0.1, -0.05) is 42.5 Å². The summed E-state index contributed by atoms with van der Waals surface area (Å²) in [7, 11) is -1.27. The number of nitrogens with zero attached hydrogens (tertiary/aromatic N) is 3. The first-order valence-corrected chi connectivity index (χ1v) is 13.5. The molecule has 10 heteroatoms. The van der Waals surface area contributed by atoms with Crippen molar-refractivity contribution in [1.29, 1.82) is 0 Å². The number of anilines is 5.